The van der Waals surface area contributed by atoms with Gasteiger partial charge in [-0.25, -0.2) is 4.39 Å². The molecule has 2 aromatic carbocycles. The van der Waals surface area contributed by atoms with Crippen LogP contribution in [0.3, 0.4) is 0 Å². The quantitative estimate of drug-likeness (QED) is 0.507. The summed E-state index contributed by atoms with van der Waals surface area (Å²) in [7, 11) is 0. The number of nitrogen functional groups attached to an aromatic ring is 1. The van der Waals surface area contributed by atoms with E-state index in [0.29, 0.717) is 24.9 Å². The molecule has 0 saturated carbocycles. The maximum absolute atomic E-state index is 12.9. The standard InChI is InChI=1S/C21H24FN3O2.ClH/c22-16-8-6-14(7-9-16)21(27)24-12-2-5-20(26)25-19-4-1-3-15-13-17(23)10-11-18(15)19;/h6-11,13,19H,1-5,12,23H2,(H,24,27)(H,25,26);1H. The fraction of sp³-hybridized carbons (Fsp3) is 0.333. The number of anilines is 1. The Morgan fingerprint density at radius 1 is 1.14 bits per heavy atom. The molecule has 3 rings (SSSR count). The number of hydrogen-bond acceptors (Lipinski definition) is 3. The summed E-state index contributed by atoms with van der Waals surface area (Å²) >= 11 is 0. The Labute approximate surface area is 170 Å². The first-order valence-electron chi connectivity index (χ1n) is 9.24. The van der Waals surface area contributed by atoms with Crippen LogP contribution in [-0.4, -0.2) is 18.4 Å². The number of carbonyl (C=O) groups is 2. The van der Waals surface area contributed by atoms with Crippen LogP contribution in [0.15, 0.2) is 42.5 Å². The highest BCUT2D eigenvalue weighted by Gasteiger charge is 2.21. The van der Waals surface area contributed by atoms with Gasteiger partial charge in [-0.1, -0.05) is 6.07 Å². The van der Waals surface area contributed by atoms with Gasteiger partial charge in [0.15, 0.2) is 0 Å². The summed E-state index contributed by atoms with van der Waals surface area (Å²) in [6, 6.07) is 11.2. The van der Waals surface area contributed by atoms with Crippen LogP contribution >= 0.6 is 12.4 Å². The van der Waals surface area contributed by atoms with Gasteiger partial charge >= 0.3 is 0 Å². The zero-order valence-electron chi connectivity index (χ0n) is 15.5. The molecular formula is C21H25ClFN3O2. The Bertz CT molecular complexity index is 827. The number of benzene rings is 2. The van der Waals surface area contributed by atoms with E-state index in [-0.39, 0.29) is 36.1 Å². The third-order valence-corrected chi connectivity index (χ3v) is 4.79. The predicted molar refractivity (Wildman–Crippen MR) is 110 cm³/mol. The first-order chi connectivity index (χ1) is 13.0. The lowest BCUT2D eigenvalue weighted by atomic mass is 9.87. The van der Waals surface area contributed by atoms with Crippen LogP contribution in [0, 0.1) is 5.82 Å². The fourth-order valence-electron chi connectivity index (χ4n) is 3.40. The lowest BCUT2D eigenvalue weighted by molar-refractivity contribution is -0.122. The molecule has 0 aromatic heterocycles. The van der Waals surface area contributed by atoms with Crippen LogP contribution in [0.5, 0.6) is 0 Å². The van der Waals surface area contributed by atoms with Gasteiger partial charge in [-0.15, -0.1) is 12.4 Å². The molecule has 150 valence electrons. The van der Waals surface area contributed by atoms with Crippen molar-refractivity contribution < 1.29 is 14.0 Å². The third kappa shape index (κ3) is 5.70. The Morgan fingerprint density at radius 3 is 2.64 bits per heavy atom. The molecule has 0 fully saturated rings. The van der Waals surface area contributed by atoms with Gasteiger partial charge in [-0.2, -0.15) is 0 Å². The first-order valence-corrected chi connectivity index (χ1v) is 9.24. The van der Waals surface area contributed by atoms with E-state index >= 15 is 0 Å². The van der Waals surface area contributed by atoms with E-state index in [1.165, 1.54) is 29.8 Å². The summed E-state index contributed by atoms with van der Waals surface area (Å²) in [5.74, 6) is -0.676. The number of nitrogens with two attached hydrogens (primary N) is 1. The number of carbonyl (C=O) groups excluding carboxylic acids is 2. The van der Waals surface area contributed by atoms with Crippen molar-refractivity contribution >= 4 is 29.9 Å². The molecule has 2 aromatic rings. The summed E-state index contributed by atoms with van der Waals surface area (Å²) in [6.07, 6.45) is 3.81. The molecule has 0 heterocycles. The highest BCUT2D eigenvalue weighted by atomic mass is 35.5. The van der Waals surface area contributed by atoms with E-state index in [1.807, 2.05) is 18.2 Å². The summed E-state index contributed by atoms with van der Waals surface area (Å²) in [6.45, 7) is 0.390. The van der Waals surface area contributed by atoms with E-state index in [2.05, 4.69) is 10.6 Å². The molecule has 0 saturated heterocycles. The van der Waals surface area contributed by atoms with E-state index in [9.17, 15) is 14.0 Å². The number of amides is 2. The predicted octanol–water partition coefficient (Wildman–Crippen LogP) is 3.53. The second kappa shape index (κ2) is 10.1. The Morgan fingerprint density at radius 2 is 1.89 bits per heavy atom. The zero-order chi connectivity index (χ0) is 19.2. The van der Waals surface area contributed by atoms with Crippen molar-refractivity contribution in [2.75, 3.05) is 12.3 Å². The lowest BCUT2D eigenvalue weighted by Gasteiger charge is -2.26. The molecule has 4 N–H and O–H groups in total. The zero-order valence-corrected chi connectivity index (χ0v) is 16.4. The molecule has 2 amide bonds. The number of hydrogen-bond donors (Lipinski definition) is 3. The number of halogens is 2. The minimum Gasteiger partial charge on any atom is -0.399 e. The Hall–Kier alpha value is -2.60. The molecule has 1 aliphatic carbocycles. The van der Waals surface area contributed by atoms with Crippen molar-refractivity contribution in [3.8, 4) is 0 Å². The molecular weight excluding hydrogens is 381 g/mol. The average molecular weight is 406 g/mol. The maximum Gasteiger partial charge on any atom is 0.251 e. The van der Waals surface area contributed by atoms with Crippen molar-refractivity contribution in [2.45, 2.75) is 38.1 Å². The van der Waals surface area contributed by atoms with Crippen molar-refractivity contribution in [3.63, 3.8) is 0 Å². The topological polar surface area (TPSA) is 84.2 Å². The van der Waals surface area contributed by atoms with Gasteiger partial charge in [-0.05, 0) is 73.2 Å². The summed E-state index contributed by atoms with van der Waals surface area (Å²) in [5, 5.41) is 5.83. The van der Waals surface area contributed by atoms with Gasteiger partial charge in [-0.3, -0.25) is 9.59 Å². The van der Waals surface area contributed by atoms with Crippen LogP contribution in [-0.2, 0) is 11.2 Å². The van der Waals surface area contributed by atoms with Gasteiger partial charge in [0.2, 0.25) is 5.91 Å². The third-order valence-electron chi connectivity index (χ3n) is 4.79. The Balaban J connectivity index is 0.00000280. The molecule has 1 unspecified atom stereocenters. The number of aryl methyl sites for hydroxylation is 1. The molecule has 28 heavy (non-hydrogen) atoms. The van der Waals surface area contributed by atoms with Crippen LogP contribution < -0.4 is 16.4 Å². The molecule has 0 spiro atoms. The summed E-state index contributed by atoms with van der Waals surface area (Å²) in [4.78, 5) is 24.2. The van der Waals surface area contributed by atoms with E-state index in [4.69, 9.17) is 5.73 Å². The van der Waals surface area contributed by atoms with E-state index in [0.717, 1.165) is 30.5 Å². The van der Waals surface area contributed by atoms with Crippen molar-refractivity contribution in [2.24, 2.45) is 0 Å². The molecule has 0 radical (unpaired) electrons. The molecule has 0 aliphatic heterocycles. The van der Waals surface area contributed by atoms with Crippen molar-refractivity contribution in [1.82, 2.24) is 10.6 Å². The van der Waals surface area contributed by atoms with Gasteiger partial charge < -0.3 is 16.4 Å². The normalized spacial score (nSPS) is 15.1. The smallest absolute Gasteiger partial charge is 0.251 e. The van der Waals surface area contributed by atoms with Crippen LogP contribution in [0.1, 0.15) is 53.2 Å². The first kappa shape index (κ1) is 21.7. The molecule has 0 bridgehead atoms. The highest BCUT2D eigenvalue weighted by molar-refractivity contribution is 5.94. The largest absolute Gasteiger partial charge is 0.399 e. The van der Waals surface area contributed by atoms with Gasteiger partial charge in [0.05, 0.1) is 6.04 Å². The summed E-state index contributed by atoms with van der Waals surface area (Å²) in [5.41, 5.74) is 9.35. The average Bonchev–Trinajstić information content (AvgIpc) is 2.65. The lowest BCUT2D eigenvalue weighted by Crippen LogP contribution is -2.32. The van der Waals surface area contributed by atoms with Gasteiger partial charge in [0.25, 0.3) is 5.91 Å². The van der Waals surface area contributed by atoms with Gasteiger partial charge in [0, 0.05) is 24.2 Å². The molecule has 5 nitrogen and oxygen atoms in total. The minimum atomic E-state index is -0.379. The number of rotatable bonds is 6. The second-order valence-electron chi connectivity index (χ2n) is 6.84. The van der Waals surface area contributed by atoms with Crippen molar-refractivity contribution in [3.05, 3.63) is 65.0 Å². The number of nitrogens with one attached hydrogen (secondary N) is 2. The second-order valence-corrected chi connectivity index (χ2v) is 6.84. The fourth-order valence-corrected chi connectivity index (χ4v) is 3.40. The van der Waals surface area contributed by atoms with Gasteiger partial charge in [0.1, 0.15) is 5.82 Å². The maximum atomic E-state index is 12.9. The van der Waals surface area contributed by atoms with Crippen LogP contribution in [0.25, 0.3) is 0 Å². The molecule has 1 atom stereocenters. The number of fused-ring (bicyclic) bond motifs is 1. The highest BCUT2D eigenvalue weighted by Crippen LogP contribution is 2.31. The van der Waals surface area contributed by atoms with Crippen LogP contribution in [0.4, 0.5) is 10.1 Å². The van der Waals surface area contributed by atoms with E-state index in [1.54, 1.807) is 0 Å². The minimum absolute atomic E-state index is 0. The van der Waals surface area contributed by atoms with Crippen LogP contribution in [0.2, 0.25) is 0 Å². The molecule has 7 heteroatoms. The molecule has 1 aliphatic rings. The SMILES string of the molecule is Cl.Nc1ccc2c(c1)CCCC2NC(=O)CCCNC(=O)c1ccc(F)cc1. The van der Waals surface area contributed by atoms with E-state index < -0.39 is 0 Å². The van der Waals surface area contributed by atoms with Crippen molar-refractivity contribution in [1.29, 1.82) is 0 Å². The Kier molecular flexibility index (Phi) is 7.81. The summed E-state index contributed by atoms with van der Waals surface area (Å²) < 4.78 is 12.9. The monoisotopic (exact) mass is 405 g/mol.